The van der Waals surface area contributed by atoms with Gasteiger partial charge in [-0.15, -0.1) is 0 Å². The number of hydrogen-bond acceptors (Lipinski definition) is 7. The highest BCUT2D eigenvalue weighted by Gasteiger charge is 2.44. The third-order valence-corrected chi connectivity index (χ3v) is 5.19. The van der Waals surface area contributed by atoms with Crippen LogP contribution in [0.25, 0.3) is 11.3 Å². The number of phenolic OH excluding ortho intramolecular Hbond substituents is 1. The zero-order valence-corrected chi connectivity index (χ0v) is 17.7. The van der Waals surface area contributed by atoms with Gasteiger partial charge in [0.05, 0.1) is 5.69 Å². The predicted molar refractivity (Wildman–Crippen MR) is 119 cm³/mol. The van der Waals surface area contributed by atoms with Crippen LogP contribution in [0.5, 0.6) is 11.5 Å². The molecule has 0 fully saturated rings. The molecule has 0 saturated heterocycles. The van der Waals surface area contributed by atoms with Crippen molar-refractivity contribution in [1.29, 1.82) is 0 Å². The fraction of sp³-hybridized carbons (Fsp3) is 0.217. The third kappa shape index (κ3) is 5.53. The van der Waals surface area contributed by atoms with Crippen LogP contribution in [0.4, 0.5) is 30.6 Å². The predicted octanol–water partition coefficient (Wildman–Crippen LogP) is 4.70. The van der Waals surface area contributed by atoms with Crippen LogP contribution >= 0.6 is 0 Å². The van der Waals surface area contributed by atoms with Crippen LogP contribution in [-0.4, -0.2) is 45.8 Å². The minimum absolute atomic E-state index is 0.0800. The van der Waals surface area contributed by atoms with Crippen LogP contribution in [0.2, 0.25) is 0 Å². The molecule has 0 amide bonds. The van der Waals surface area contributed by atoms with Gasteiger partial charge in [-0.1, -0.05) is 0 Å². The number of halogens is 3. The van der Waals surface area contributed by atoms with Gasteiger partial charge in [0.25, 0.3) is 0 Å². The van der Waals surface area contributed by atoms with Crippen LogP contribution < -0.4 is 15.8 Å². The number of benzene rings is 2. The molecule has 1 aliphatic heterocycles. The Morgan fingerprint density at radius 1 is 1.09 bits per heavy atom. The molecule has 33 heavy (non-hydrogen) atoms. The summed E-state index contributed by atoms with van der Waals surface area (Å²) in [5.41, 5.74) is 7.86. The average molecular weight is 457 g/mol. The number of aromatic nitrogens is 2. The molecule has 0 radical (unpaired) electrons. The molecule has 0 bridgehead atoms. The standard InChI is InChI=1S/C23H22F3N5O2/c1-31-11-10-18(12-20(31)23(24,25)26)33-17-8-4-15(5-9-17)28-21-13-19(29-22(27)30-21)14-2-6-16(32)7-3-14/h2-10,13,20,32H,11-12H2,1H3,(H3,27,28,29,30). The Bertz CT molecular complexity index is 1150. The first kappa shape index (κ1) is 22.4. The number of anilines is 3. The number of rotatable bonds is 5. The lowest BCUT2D eigenvalue weighted by atomic mass is 10.1. The molecule has 7 nitrogen and oxygen atoms in total. The normalized spacial score (nSPS) is 16.8. The smallest absolute Gasteiger partial charge is 0.404 e. The molecule has 10 heteroatoms. The van der Waals surface area contributed by atoms with E-state index in [2.05, 4.69) is 15.3 Å². The third-order valence-electron chi connectivity index (χ3n) is 5.19. The van der Waals surface area contributed by atoms with E-state index < -0.39 is 12.2 Å². The van der Waals surface area contributed by atoms with Gasteiger partial charge in [-0.05, 0) is 61.7 Å². The molecule has 2 heterocycles. The summed E-state index contributed by atoms with van der Waals surface area (Å²) < 4.78 is 45.2. The van der Waals surface area contributed by atoms with Crippen LogP contribution in [0, 0.1) is 0 Å². The van der Waals surface area contributed by atoms with Crippen molar-refractivity contribution in [2.45, 2.75) is 18.6 Å². The summed E-state index contributed by atoms with van der Waals surface area (Å²) in [6.45, 7) is 0.164. The SMILES string of the molecule is CN1CC=C(Oc2ccc(Nc3cc(-c4ccc(O)cc4)nc(N)n3)cc2)CC1C(F)(F)F. The minimum Gasteiger partial charge on any atom is -0.508 e. The van der Waals surface area contributed by atoms with E-state index >= 15 is 0 Å². The number of nitrogens with zero attached hydrogens (tertiary/aromatic N) is 3. The zero-order chi connectivity index (χ0) is 23.6. The highest BCUT2D eigenvalue weighted by molar-refractivity contribution is 5.67. The summed E-state index contributed by atoms with van der Waals surface area (Å²) >= 11 is 0. The van der Waals surface area contributed by atoms with Gasteiger partial charge >= 0.3 is 6.18 Å². The molecule has 1 aliphatic rings. The second-order valence-electron chi connectivity index (χ2n) is 7.67. The molecular weight excluding hydrogens is 435 g/mol. The van der Waals surface area contributed by atoms with Gasteiger partial charge in [0.1, 0.15) is 29.1 Å². The fourth-order valence-corrected chi connectivity index (χ4v) is 3.47. The lowest BCUT2D eigenvalue weighted by molar-refractivity contribution is -0.181. The van der Waals surface area contributed by atoms with Gasteiger partial charge < -0.3 is 20.9 Å². The number of likely N-dealkylation sites (N-methyl/N-ethyl adjacent to an activating group) is 1. The van der Waals surface area contributed by atoms with Crippen LogP contribution in [-0.2, 0) is 0 Å². The first-order valence-electron chi connectivity index (χ1n) is 10.1. The first-order chi connectivity index (χ1) is 15.7. The number of alkyl halides is 3. The number of hydrogen-bond donors (Lipinski definition) is 3. The van der Waals surface area contributed by atoms with E-state index in [4.69, 9.17) is 10.5 Å². The van der Waals surface area contributed by atoms with Crippen LogP contribution in [0.3, 0.4) is 0 Å². The van der Waals surface area contributed by atoms with Crippen LogP contribution in [0.1, 0.15) is 6.42 Å². The molecule has 1 aromatic heterocycles. The molecule has 1 atom stereocenters. The Labute approximate surface area is 188 Å². The molecule has 0 aliphatic carbocycles. The number of aromatic hydroxyl groups is 1. The summed E-state index contributed by atoms with van der Waals surface area (Å²) in [5.74, 6) is 1.41. The van der Waals surface area contributed by atoms with Crippen molar-refractivity contribution in [2.75, 3.05) is 24.6 Å². The topological polar surface area (TPSA) is 96.5 Å². The van der Waals surface area contributed by atoms with E-state index in [1.165, 1.54) is 11.9 Å². The second kappa shape index (κ2) is 8.99. The van der Waals surface area contributed by atoms with E-state index in [0.29, 0.717) is 28.7 Å². The van der Waals surface area contributed by atoms with Crippen molar-refractivity contribution in [1.82, 2.24) is 14.9 Å². The summed E-state index contributed by atoms with van der Waals surface area (Å²) in [5, 5.41) is 12.6. The molecule has 0 saturated carbocycles. The maximum atomic E-state index is 13.2. The fourth-order valence-electron chi connectivity index (χ4n) is 3.47. The monoisotopic (exact) mass is 457 g/mol. The molecule has 1 unspecified atom stereocenters. The van der Waals surface area contributed by atoms with Crippen molar-refractivity contribution in [3.63, 3.8) is 0 Å². The molecule has 4 N–H and O–H groups in total. The molecule has 2 aromatic carbocycles. The lowest BCUT2D eigenvalue weighted by Crippen LogP contribution is -2.46. The zero-order valence-electron chi connectivity index (χ0n) is 17.7. The molecule has 172 valence electrons. The molecular formula is C23H22F3N5O2. The molecule has 0 spiro atoms. The summed E-state index contributed by atoms with van der Waals surface area (Å²) in [4.78, 5) is 9.65. The van der Waals surface area contributed by atoms with Gasteiger partial charge in [0.15, 0.2) is 0 Å². The Balaban J connectivity index is 1.45. The van der Waals surface area contributed by atoms with Crippen molar-refractivity contribution in [2.24, 2.45) is 0 Å². The van der Waals surface area contributed by atoms with Gasteiger partial charge in [0, 0.05) is 30.3 Å². The first-order valence-corrected chi connectivity index (χ1v) is 10.1. The van der Waals surface area contributed by atoms with E-state index in [1.807, 2.05) is 0 Å². The van der Waals surface area contributed by atoms with E-state index in [-0.39, 0.29) is 24.7 Å². The maximum Gasteiger partial charge on any atom is 0.404 e. The van der Waals surface area contributed by atoms with E-state index in [0.717, 1.165) is 5.56 Å². The van der Waals surface area contributed by atoms with Crippen LogP contribution in [0.15, 0.2) is 66.4 Å². The van der Waals surface area contributed by atoms with Gasteiger partial charge in [-0.2, -0.15) is 18.2 Å². The summed E-state index contributed by atoms with van der Waals surface area (Å²) in [6, 6.07) is 13.5. The highest BCUT2D eigenvalue weighted by Crippen LogP contribution is 2.32. The number of nitrogen functional groups attached to an aromatic ring is 1. The minimum atomic E-state index is -4.32. The molecule has 4 rings (SSSR count). The Morgan fingerprint density at radius 3 is 2.45 bits per heavy atom. The van der Waals surface area contributed by atoms with Crippen molar-refractivity contribution < 1.29 is 23.0 Å². The number of ether oxygens (including phenoxy) is 1. The van der Waals surface area contributed by atoms with Crippen molar-refractivity contribution in [3.8, 4) is 22.8 Å². The summed E-state index contributed by atoms with van der Waals surface area (Å²) in [6.07, 6.45) is -2.90. The highest BCUT2D eigenvalue weighted by atomic mass is 19.4. The lowest BCUT2D eigenvalue weighted by Gasteiger charge is -2.33. The number of phenols is 1. The van der Waals surface area contributed by atoms with Gasteiger partial charge in [-0.25, -0.2) is 4.98 Å². The largest absolute Gasteiger partial charge is 0.508 e. The Kier molecular flexibility index (Phi) is 6.10. The van der Waals surface area contributed by atoms with Crippen molar-refractivity contribution >= 4 is 17.5 Å². The second-order valence-corrected chi connectivity index (χ2v) is 7.67. The van der Waals surface area contributed by atoms with Gasteiger partial charge in [0.2, 0.25) is 5.95 Å². The van der Waals surface area contributed by atoms with Gasteiger partial charge in [-0.3, -0.25) is 4.90 Å². The maximum absolute atomic E-state index is 13.2. The van der Waals surface area contributed by atoms with Crippen molar-refractivity contribution in [3.05, 3.63) is 66.4 Å². The Hall–Kier alpha value is -3.79. The number of nitrogens with two attached hydrogens (primary N) is 1. The van der Waals surface area contributed by atoms with E-state index in [1.54, 1.807) is 60.7 Å². The van der Waals surface area contributed by atoms with E-state index in [9.17, 15) is 18.3 Å². The summed E-state index contributed by atoms with van der Waals surface area (Å²) in [7, 11) is 1.44. The molecule has 3 aromatic rings. The quantitative estimate of drug-likeness (QED) is 0.511. The number of nitrogens with one attached hydrogen (secondary N) is 1. The average Bonchev–Trinajstić information content (AvgIpc) is 2.76. The Morgan fingerprint density at radius 2 is 1.79 bits per heavy atom.